The van der Waals surface area contributed by atoms with Crippen LogP contribution in [0.2, 0.25) is 0 Å². The molecule has 242 valence electrons. The van der Waals surface area contributed by atoms with E-state index in [2.05, 4.69) is 20.9 Å². The number of ether oxygens (including phenoxy) is 1. The molecule has 0 bridgehead atoms. The number of thioether (sulfide) groups is 1. The van der Waals surface area contributed by atoms with Crippen molar-refractivity contribution in [1.82, 2.24) is 10.3 Å². The van der Waals surface area contributed by atoms with Gasteiger partial charge < -0.3 is 20.7 Å². The lowest BCUT2D eigenvalue weighted by atomic mass is 10.1. The number of benzene rings is 4. The molecule has 11 nitrogen and oxygen atoms in total. The van der Waals surface area contributed by atoms with Gasteiger partial charge in [0.05, 0.1) is 23.0 Å². The molecule has 4 aromatic carbocycles. The molecule has 0 aliphatic carbocycles. The van der Waals surface area contributed by atoms with E-state index in [-0.39, 0.29) is 23.0 Å². The number of nitrogens with one attached hydrogen (secondary N) is 3. The molecule has 0 fully saturated rings. The van der Waals surface area contributed by atoms with E-state index in [1.165, 1.54) is 53.4 Å². The Balaban J connectivity index is 1.18. The summed E-state index contributed by atoms with van der Waals surface area (Å²) in [5.41, 5.74) is 2.82. The summed E-state index contributed by atoms with van der Waals surface area (Å²) in [5.74, 6) is -0.358. The second kappa shape index (κ2) is 16.2. The van der Waals surface area contributed by atoms with Crippen LogP contribution in [0.15, 0.2) is 119 Å². The molecule has 5 rings (SSSR count). The number of hydrogen-bond acceptors (Lipinski definition) is 9. The van der Waals surface area contributed by atoms with Crippen LogP contribution < -0.4 is 20.7 Å². The Morgan fingerprint density at radius 1 is 0.917 bits per heavy atom. The molecule has 0 spiro atoms. The van der Waals surface area contributed by atoms with E-state index >= 15 is 0 Å². The standard InChI is InChI=1S/C35H29N5O6S2/c1-2-46-28-16-10-24(11-17-28)31-21-48-35(38-31)39-32(41)22-47-29-18-12-26(13-19-29)36-34(43)30(37-33(42)25-6-4-3-5-7-25)20-23-8-14-27(15-9-23)40(44)45/h3-21H,2,22H2,1H3,(H,36,43)(H,37,42)(H,38,39,41)/b30-20-. The highest BCUT2D eigenvalue weighted by atomic mass is 32.2. The van der Waals surface area contributed by atoms with Crippen molar-refractivity contribution in [2.75, 3.05) is 23.0 Å². The minimum atomic E-state index is -0.592. The monoisotopic (exact) mass is 679 g/mol. The topological polar surface area (TPSA) is 153 Å². The van der Waals surface area contributed by atoms with Crippen molar-refractivity contribution in [2.45, 2.75) is 11.8 Å². The Bertz CT molecular complexity index is 1930. The predicted molar refractivity (Wildman–Crippen MR) is 188 cm³/mol. The van der Waals surface area contributed by atoms with Gasteiger partial charge in [0.1, 0.15) is 11.4 Å². The molecule has 48 heavy (non-hydrogen) atoms. The van der Waals surface area contributed by atoms with Gasteiger partial charge in [0.25, 0.3) is 17.5 Å². The van der Waals surface area contributed by atoms with Crippen molar-refractivity contribution in [3.63, 3.8) is 0 Å². The zero-order valence-electron chi connectivity index (χ0n) is 25.5. The third-order valence-corrected chi connectivity index (χ3v) is 8.41. The third kappa shape index (κ3) is 9.37. The largest absolute Gasteiger partial charge is 0.494 e. The van der Waals surface area contributed by atoms with Crippen LogP contribution in [-0.2, 0) is 9.59 Å². The molecular weight excluding hydrogens is 651 g/mol. The number of hydrogen-bond donors (Lipinski definition) is 3. The van der Waals surface area contributed by atoms with Crippen molar-refractivity contribution in [2.24, 2.45) is 0 Å². The van der Waals surface area contributed by atoms with E-state index in [9.17, 15) is 24.5 Å². The van der Waals surface area contributed by atoms with Crippen molar-refractivity contribution < 1.29 is 24.0 Å². The van der Waals surface area contributed by atoms with Gasteiger partial charge in [-0.1, -0.05) is 18.2 Å². The number of rotatable bonds is 13. The van der Waals surface area contributed by atoms with Gasteiger partial charge in [-0.15, -0.1) is 23.1 Å². The molecule has 1 heterocycles. The average molecular weight is 680 g/mol. The highest BCUT2D eigenvalue weighted by Crippen LogP contribution is 2.27. The summed E-state index contributed by atoms with van der Waals surface area (Å²) in [6.45, 7) is 2.52. The SMILES string of the molecule is CCOc1ccc(-c2csc(NC(=O)CSc3ccc(NC(=O)/C(=C/c4ccc([N+](=O)[O-])cc4)NC(=O)c4ccccc4)cc3)n2)cc1. The Morgan fingerprint density at radius 2 is 1.62 bits per heavy atom. The van der Waals surface area contributed by atoms with E-state index in [1.54, 1.807) is 54.6 Å². The third-order valence-electron chi connectivity index (χ3n) is 6.64. The summed E-state index contributed by atoms with van der Waals surface area (Å²) in [7, 11) is 0. The molecule has 0 unspecified atom stereocenters. The van der Waals surface area contributed by atoms with Crippen molar-refractivity contribution in [1.29, 1.82) is 0 Å². The summed E-state index contributed by atoms with van der Waals surface area (Å²) in [6.07, 6.45) is 1.44. The maximum absolute atomic E-state index is 13.3. The summed E-state index contributed by atoms with van der Waals surface area (Å²) >= 11 is 2.67. The molecular formula is C35H29N5O6S2. The molecule has 0 radical (unpaired) electrons. The van der Waals surface area contributed by atoms with E-state index < -0.39 is 16.7 Å². The number of thiazole rings is 1. The van der Waals surface area contributed by atoms with Gasteiger partial charge in [-0.3, -0.25) is 24.5 Å². The second-order valence-electron chi connectivity index (χ2n) is 10.0. The first-order valence-electron chi connectivity index (χ1n) is 14.6. The quantitative estimate of drug-likeness (QED) is 0.0509. The summed E-state index contributed by atoms with van der Waals surface area (Å²) in [4.78, 5) is 54.6. The Kier molecular flexibility index (Phi) is 11.3. The van der Waals surface area contributed by atoms with Gasteiger partial charge in [0.15, 0.2) is 5.13 Å². The van der Waals surface area contributed by atoms with Gasteiger partial charge >= 0.3 is 0 Å². The molecule has 13 heteroatoms. The predicted octanol–water partition coefficient (Wildman–Crippen LogP) is 7.26. The average Bonchev–Trinajstić information content (AvgIpc) is 3.57. The van der Waals surface area contributed by atoms with Gasteiger partial charge in [0.2, 0.25) is 5.91 Å². The number of anilines is 2. The highest BCUT2D eigenvalue weighted by Gasteiger charge is 2.16. The fourth-order valence-electron chi connectivity index (χ4n) is 4.29. The van der Waals surface area contributed by atoms with Gasteiger partial charge in [0, 0.05) is 39.2 Å². The van der Waals surface area contributed by atoms with Crippen LogP contribution in [0, 0.1) is 10.1 Å². The number of carbonyl (C=O) groups is 3. The van der Waals surface area contributed by atoms with Crippen LogP contribution in [0.25, 0.3) is 17.3 Å². The first kappa shape index (κ1) is 33.6. The molecule has 0 saturated carbocycles. The van der Waals surface area contributed by atoms with Crippen LogP contribution in [0.1, 0.15) is 22.8 Å². The van der Waals surface area contributed by atoms with Crippen LogP contribution in [-0.4, -0.2) is 40.0 Å². The maximum atomic E-state index is 13.3. The zero-order valence-corrected chi connectivity index (χ0v) is 27.2. The molecule has 3 N–H and O–H groups in total. The fourth-order valence-corrected chi connectivity index (χ4v) is 5.73. The maximum Gasteiger partial charge on any atom is 0.272 e. The van der Waals surface area contributed by atoms with Gasteiger partial charge in [-0.25, -0.2) is 4.98 Å². The van der Waals surface area contributed by atoms with Crippen LogP contribution in [0.5, 0.6) is 5.75 Å². The molecule has 0 aliphatic heterocycles. The molecule has 0 atom stereocenters. The van der Waals surface area contributed by atoms with Crippen molar-refractivity contribution in [3.05, 3.63) is 135 Å². The number of non-ortho nitro benzene ring substituents is 1. The number of aromatic nitrogens is 1. The summed E-state index contributed by atoms with van der Waals surface area (Å²) in [6, 6.07) is 28.5. The lowest BCUT2D eigenvalue weighted by Gasteiger charge is -2.12. The fraction of sp³-hybridized carbons (Fsp3) is 0.0857. The summed E-state index contributed by atoms with van der Waals surface area (Å²) in [5, 5.41) is 21.6. The van der Waals surface area contributed by atoms with Gasteiger partial charge in [-0.05, 0) is 91.4 Å². The zero-order chi connectivity index (χ0) is 33.9. The number of nitro groups is 1. The number of carbonyl (C=O) groups excluding carboxylic acids is 3. The number of nitro benzene ring substituents is 1. The van der Waals surface area contributed by atoms with Gasteiger partial charge in [-0.2, -0.15) is 0 Å². The van der Waals surface area contributed by atoms with Crippen LogP contribution in [0.3, 0.4) is 0 Å². The molecule has 5 aromatic rings. The first-order valence-corrected chi connectivity index (χ1v) is 16.5. The Morgan fingerprint density at radius 3 is 2.29 bits per heavy atom. The normalized spacial score (nSPS) is 11.0. The number of amides is 3. The van der Waals surface area contributed by atoms with E-state index in [0.29, 0.717) is 28.6 Å². The van der Waals surface area contributed by atoms with Crippen molar-refractivity contribution >= 4 is 63.4 Å². The number of nitrogens with zero attached hydrogens (tertiary/aromatic N) is 2. The summed E-state index contributed by atoms with van der Waals surface area (Å²) < 4.78 is 5.48. The minimum absolute atomic E-state index is 0.0549. The molecule has 0 aliphatic rings. The molecule has 0 saturated heterocycles. The van der Waals surface area contributed by atoms with E-state index in [4.69, 9.17) is 4.74 Å². The minimum Gasteiger partial charge on any atom is -0.494 e. The van der Waals surface area contributed by atoms with Crippen molar-refractivity contribution in [3.8, 4) is 17.0 Å². The lowest BCUT2D eigenvalue weighted by Crippen LogP contribution is -2.30. The molecule has 3 amide bonds. The second-order valence-corrected chi connectivity index (χ2v) is 11.9. The molecule has 1 aromatic heterocycles. The Labute approximate surface area is 284 Å². The van der Waals surface area contributed by atoms with Crippen LogP contribution in [0.4, 0.5) is 16.5 Å². The Hall–Kier alpha value is -5.79. The van der Waals surface area contributed by atoms with E-state index in [0.717, 1.165) is 21.9 Å². The smallest absolute Gasteiger partial charge is 0.272 e. The lowest BCUT2D eigenvalue weighted by molar-refractivity contribution is -0.384. The van der Waals surface area contributed by atoms with E-state index in [1.807, 2.05) is 36.6 Å². The first-order chi connectivity index (χ1) is 23.3. The highest BCUT2D eigenvalue weighted by molar-refractivity contribution is 8.00. The van der Waals surface area contributed by atoms with Crippen LogP contribution >= 0.6 is 23.1 Å².